The van der Waals surface area contributed by atoms with Gasteiger partial charge in [-0.25, -0.2) is 0 Å². The van der Waals surface area contributed by atoms with Crippen molar-refractivity contribution in [2.45, 2.75) is 20.0 Å². The molecule has 0 spiro atoms. The van der Waals surface area contributed by atoms with Gasteiger partial charge in [0.25, 0.3) is 0 Å². The van der Waals surface area contributed by atoms with Crippen LogP contribution in [0.25, 0.3) is 0 Å². The number of alkyl halides is 3. The first-order valence-corrected chi connectivity index (χ1v) is 5.56. The fourth-order valence-electron chi connectivity index (χ4n) is 0.759. The van der Waals surface area contributed by atoms with Crippen molar-refractivity contribution in [3.05, 3.63) is 0 Å². The molecule has 0 bridgehead atoms. The third-order valence-electron chi connectivity index (χ3n) is 1.04. The quantitative estimate of drug-likeness (QED) is 0.724. The first-order chi connectivity index (χ1) is 5.83. The van der Waals surface area contributed by atoms with Crippen LogP contribution in [0.4, 0.5) is 13.2 Å². The molecule has 0 aliphatic carbocycles. The van der Waals surface area contributed by atoms with E-state index < -0.39 is 20.3 Å². The lowest BCUT2D eigenvalue weighted by Crippen LogP contribution is -2.20. The van der Waals surface area contributed by atoms with E-state index in [9.17, 15) is 18.1 Å². The number of rotatable bonds is 5. The van der Waals surface area contributed by atoms with E-state index in [2.05, 4.69) is 9.05 Å². The lowest BCUT2D eigenvalue weighted by atomic mass is 10.8. The van der Waals surface area contributed by atoms with E-state index in [1.165, 1.54) is 13.8 Å². The summed E-state index contributed by atoms with van der Waals surface area (Å²) in [4.78, 5) is 9.29. The number of hydrogen-bond donors (Lipinski definition) is 1. The highest BCUT2D eigenvalue weighted by Crippen LogP contribution is 2.59. The van der Waals surface area contributed by atoms with Gasteiger partial charge in [-0.2, -0.15) is 27.1 Å². The van der Waals surface area contributed by atoms with Crippen molar-refractivity contribution in [1.82, 2.24) is 0 Å². The number of hydrogen-bond acceptors (Lipinski definition) is 3. The van der Waals surface area contributed by atoms with Gasteiger partial charge in [0.15, 0.2) is 0 Å². The highest BCUT2D eigenvalue weighted by molar-refractivity contribution is 7.60. The number of halogens is 3. The Hall–Kier alpha value is 0.100. The van der Waals surface area contributed by atoms with Gasteiger partial charge < -0.3 is 0 Å². The predicted octanol–water partition coefficient (Wildman–Crippen LogP) is 2.38. The maximum Gasteiger partial charge on any atom is 0.430 e. The molecule has 0 fully saturated rings. The lowest BCUT2D eigenvalue weighted by Gasteiger charge is -2.16. The molecule has 1 N–H and O–H groups in total. The first kappa shape index (κ1) is 13.1. The van der Waals surface area contributed by atoms with E-state index in [-0.39, 0.29) is 13.2 Å². The molecule has 3 nitrogen and oxygen atoms in total. The lowest BCUT2D eigenvalue weighted by molar-refractivity contribution is -0.111. The monoisotopic (exact) mass is 221 g/mol. The van der Waals surface area contributed by atoms with Crippen LogP contribution in [0.1, 0.15) is 13.8 Å². The van der Waals surface area contributed by atoms with Gasteiger partial charge in [-0.1, -0.05) is 0 Å². The van der Waals surface area contributed by atoms with Crippen LogP contribution in [-0.4, -0.2) is 30.4 Å². The standard InChI is InChI=1S/C6H13F3O3P/c1-3-11-13(10,12-4-2)5-6(7,8)9/h10H,3-5H2,1-2H3/q+1. The molecule has 0 aromatic carbocycles. The summed E-state index contributed by atoms with van der Waals surface area (Å²) < 4.78 is 44.9. The third-order valence-corrected chi connectivity index (χ3v) is 3.12. The molecule has 0 aliphatic heterocycles. The van der Waals surface area contributed by atoms with Crippen molar-refractivity contribution >= 4 is 7.94 Å². The summed E-state index contributed by atoms with van der Waals surface area (Å²) in [5.74, 6) is 0. The molecule has 0 atom stereocenters. The molecule has 0 aliphatic rings. The smallest absolute Gasteiger partial charge is 0.192 e. The second kappa shape index (κ2) is 5.10. The van der Waals surface area contributed by atoms with Crippen LogP contribution in [-0.2, 0) is 9.05 Å². The molecule has 0 amide bonds. The van der Waals surface area contributed by atoms with Crippen LogP contribution in [0, 0.1) is 0 Å². The van der Waals surface area contributed by atoms with Gasteiger partial charge in [-0.15, -0.1) is 0 Å². The van der Waals surface area contributed by atoms with Crippen LogP contribution in [0.15, 0.2) is 0 Å². The van der Waals surface area contributed by atoms with Gasteiger partial charge in [-0.05, 0) is 13.8 Å². The van der Waals surface area contributed by atoms with Crippen LogP contribution < -0.4 is 0 Å². The van der Waals surface area contributed by atoms with E-state index in [0.717, 1.165) is 0 Å². The fraction of sp³-hybridized carbons (Fsp3) is 1.00. The maximum atomic E-state index is 11.9. The largest absolute Gasteiger partial charge is 0.430 e. The molecule has 13 heavy (non-hydrogen) atoms. The van der Waals surface area contributed by atoms with Gasteiger partial charge in [0, 0.05) is 0 Å². The second-order valence-corrected chi connectivity index (χ2v) is 4.35. The molecule has 0 aromatic heterocycles. The molecular formula is C6H13F3O3P+. The van der Waals surface area contributed by atoms with E-state index in [1.54, 1.807) is 0 Å². The summed E-state index contributed by atoms with van der Waals surface area (Å²) in [5.41, 5.74) is 0. The first-order valence-electron chi connectivity index (χ1n) is 3.79. The average Bonchev–Trinajstić information content (AvgIpc) is 1.82. The normalized spacial score (nSPS) is 13.4. The summed E-state index contributed by atoms with van der Waals surface area (Å²) >= 11 is 0. The molecule has 0 unspecified atom stereocenters. The third kappa shape index (κ3) is 6.21. The molecular weight excluding hydrogens is 208 g/mol. The van der Waals surface area contributed by atoms with Crippen LogP contribution in [0.5, 0.6) is 0 Å². The van der Waals surface area contributed by atoms with E-state index >= 15 is 0 Å². The highest BCUT2D eigenvalue weighted by Gasteiger charge is 2.52. The van der Waals surface area contributed by atoms with Crippen LogP contribution in [0.2, 0.25) is 0 Å². The van der Waals surface area contributed by atoms with Gasteiger partial charge in [0.1, 0.15) is 0 Å². The Morgan fingerprint density at radius 1 is 1.15 bits per heavy atom. The molecule has 0 saturated heterocycles. The van der Waals surface area contributed by atoms with Crippen molar-refractivity contribution < 1.29 is 27.1 Å². The zero-order valence-electron chi connectivity index (χ0n) is 7.47. The van der Waals surface area contributed by atoms with Crippen molar-refractivity contribution in [3.63, 3.8) is 0 Å². The Balaban J connectivity index is 4.22. The van der Waals surface area contributed by atoms with E-state index in [1.807, 2.05) is 0 Å². The summed E-state index contributed by atoms with van der Waals surface area (Å²) in [7, 11) is -3.72. The Kier molecular flexibility index (Phi) is 5.14. The minimum absolute atomic E-state index is 0.000355. The predicted molar refractivity (Wildman–Crippen MR) is 43.3 cm³/mol. The molecule has 0 aromatic rings. The minimum atomic E-state index is -4.47. The van der Waals surface area contributed by atoms with Gasteiger partial charge in [0.2, 0.25) is 6.16 Å². The Bertz CT molecular complexity index is 145. The van der Waals surface area contributed by atoms with Crippen molar-refractivity contribution in [2.75, 3.05) is 19.4 Å². The SMILES string of the molecule is CCO[P+](O)(CC(F)(F)F)OCC. The van der Waals surface area contributed by atoms with Gasteiger partial charge in [0.05, 0.1) is 13.2 Å². The molecule has 0 heterocycles. The second-order valence-electron chi connectivity index (χ2n) is 2.25. The van der Waals surface area contributed by atoms with Gasteiger partial charge >= 0.3 is 14.1 Å². The molecule has 80 valence electrons. The van der Waals surface area contributed by atoms with Crippen molar-refractivity contribution in [3.8, 4) is 0 Å². The summed E-state index contributed by atoms with van der Waals surface area (Å²) in [5, 5.41) is 0. The summed E-state index contributed by atoms with van der Waals surface area (Å²) in [6.45, 7) is 3.00. The van der Waals surface area contributed by atoms with E-state index in [4.69, 9.17) is 0 Å². The fourth-order valence-corrected chi connectivity index (χ4v) is 2.28. The van der Waals surface area contributed by atoms with Crippen molar-refractivity contribution in [1.29, 1.82) is 0 Å². The van der Waals surface area contributed by atoms with Crippen LogP contribution >= 0.6 is 7.94 Å². The van der Waals surface area contributed by atoms with Crippen LogP contribution in [0.3, 0.4) is 0 Å². The molecule has 0 saturated carbocycles. The molecule has 7 heteroatoms. The zero-order chi connectivity index (χ0) is 10.5. The Morgan fingerprint density at radius 3 is 1.77 bits per heavy atom. The summed E-state index contributed by atoms with van der Waals surface area (Å²) in [6, 6.07) is 0. The zero-order valence-corrected chi connectivity index (χ0v) is 8.36. The molecule has 0 radical (unpaired) electrons. The Morgan fingerprint density at radius 2 is 1.54 bits per heavy atom. The summed E-state index contributed by atoms with van der Waals surface area (Å²) in [6.07, 6.45) is -5.88. The Labute approximate surface area is 75.4 Å². The van der Waals surface area contributed by atoms with Gasteiger partial charge in [-0.3, -0.25) is 0 Å². The highest BCUT2D eigenvalue weighted by atomic mass is 31.2. The van der Waals surface area contributed by atoms with E-state index in [0.29, 0.717) is 0 Å². The minimum Gasteiger partial charge on any atom is -0.192 e. The average molecular weight is 221 g/mol. The molecule has 0 rings (SSSR count). The topological polar surface area (TPSA) is 38.7 Å². The maximum absolute atomic E-state index is 11.9. The van der Waals surface area contributed by atoms with Crippen molar-refractivity contribution in [2.24, 2.45) is 0 Å².